The van der Waals surface area contributed by atoms with Gasteiger partial charge < -0.3 is 5.32 Å². The van der Waals surface area contributed by atoms with Crippen molar-refractivity contribution in [3.8, 4) is 0 Å². The number of para-hydroxylation sites is 1. The van der Waals surface area contributed by atoms with Gasteiger partial charge in [-0.15, -0.1) is 11.3 Å². The summed E-state index contributed by atoms with van der Waals surface area (Å²) in [5.74, 6) is -0.541. The van der Waals surface area contributed by atoms with Crippen LogP contribution in [0.2, 0.25) is 0 Å². The lowest BCUT2D eigenvalue weighted by atomic mass is 9.90. The molecule has 1 amide bonds. The molecule has 2 aromatic rings. The Balaban J connectivity index is 1.48. The van der Waals surface area contributed by atoms with Crippen LogP contribution in [-0.2, 0) is 11.0 Å². The second-order valence-corrected chi connectivity index (χ2v) is 9.19. The first-order valence-corrected chi connectivity index (χ1v) is 11.6. The van der Waals surface area contributed by atoms with Gasteiger partial charge in [0.2, 0.25) is 5.91 Å². The van der Waals surface area contributed by atoms with Crippen LogP contribution >= 0.6 is 23.1 Å². The average Bonchev–Trinajstić information content (AvgIpc) is 3.35. The molecule has 4 nitrogen and oxygen atoms in total. The maximum Gasteiger partial charge on any atom is 0.418 e. The predicted molar refractivity (Wildman–Crippen MR) is 117 cm³/mol. The van der Waals surface area contributed by atoms with Gasteiger partial charge in [0.1, 0.15) is 10.8 Å². The Hall–Kier alpha value is -2.13. The second-order valence-electron chi connectivity index (χ2n) is 7.28. The Labute approximate surface area is 180 Å². The number of rotatable bonds is 4. The molecule has 158 valence electrons. The maximum absolute atomic E-state index is 13.2. The Morgan fingerprint density at radius 1 is 1.10 bits per heavy atom. The standard InChI is InChI=1S/C21H20F3N3OS2/c22-21(23,24)14-7-2-3-8-15(14)25-17(28)13-30-19-18(16-9-6-12-29-16)26-20(27-19)10-4-1-5-11-20/h2-3,6-9,12H,1,4-5,10-11,13H2,(H,25,28). The number of amides is 1. The van der Waals surface area contributed by atoms with Gasteiger partial charge >= 0.3 is 6.18 Å². The molecular weight excluding hydrogens is 431 g/mol. The van der Waals surface area contributed by atoms with Crippen molar-refractivity contribution in [2.75, 3.05) is 11.1 Å². The van der Waals surface area contributed by atoms with E-state index in [1.54, 1.807) is 11.3 Å². The summed E-state index contributed by atoms with van der Waals surface area (Å²) in [4.78, 5) is 23.2. The number of hydrogen-bond donors (Lipinski definition) is 1. The molecule has 1 spiro atoms. The Morgan fingerprint density at radius 3 is 2.57 bits per heavy atom. The Kier molecular flexibility index (Phi) is 6.02. The predicted octanol–water partition coefficient (Wildman–Crippen LogP) is 6.00. The number of aliphatic imine (C=N–C) groups is 2. The van der Waals surface area contributed by atoms with E-state index >= 15 is 0 Å². The number of anilines is 1. The fourth-order valence-corrected chi connectivity index (χ4v) is 5.34. The average molecular weight is 452 g/mol. The molecular formula is C21H20F3N3OS2. The second kappa shape index (κ2) is 8.55. The van der Waals surface area contributed by atoms with Gasteiger partial charge in [-0.3, -0.25) is 9.79 Å². The van der Waals surface area contributed by atoms with Crippen LogP contribution in [0.4, 0.5) is 18.9 Å². The minimum Gasteiger partial charge on any atom is -0.325 e. The zero-order valence-corrected chi connectivity index (χ0v) is 17.7. The Bertz CT molecular complexity index is 978. The highest BCUT2D eigenvalue weighted by Gasteiger charge is 2.38. The molecule has 0 atom stereocenters. The van der Waals surface area contributed by atoms with E-state index in [4.69, 9.17) is 9.98 Å². The summed E-state index contributed by atoms with van der Waals surface area (Å²) in [5, 5.41) is 5.05. The van der Waals surface area contributed by atoms with Crippen molar-refractivity contribution in [2.45, 2.75) is 43.9 Å². The number of thioether (sulfide) groups is 1. The van der Waals surface area contributed by atoms with Crippen LogP contribution in [0, 0.1) is 0 Å². The number of hydrogen-bond acceptors (Lipinski definition) is 5. The van der Waals surface area contributed by atoms with E-state index < -0.39 is 23.3 Å². The molecule has 4 rings (SSSR count). The van der Waals surface area contributed by atoms with Crippen LogP contribution in [0.3, 0.4) is 0 Å². The third kappa shape index (κ3) is 4.62. The molecule has 30 heavy (non-hydrogen) atoms. The quantitative estimate of drug-likeness (QED) is 0.620. The summed E-state index contributed by atoms with van der Waals surface area (Å²) in [6.07, 6.45) is 0.548. The van der Waals surface area contributed by atoms with Gasteiger partial charge in [0.15, 0.2) is 5.66 Å². The zero-order valence-electron chi connectivity index (χ0n) is 16.0. The van der Waals surface area contributed by atoms with Crippen molar-refractivity contribution in [1.29, 1.82) is 0 Å². The van der Waals surface area contributed by atoms with E-state index in [0.717, 1.165) is 42.3 Å². The molecule has 0 radical (unpaired) electrons. The molecule has 1 aliphatic heterocycles. The van der Waals surface area contributed by atoms with E-state index in [-0.39, 0.29) is 11.4 Å². The van der Waals surface area contributed by atoms with Crippen molar-refractivity contribution >= 4 is 45.4 Å². The van der Waals surface area contributed by atoms with Gasteiger partial charge in [-0.2, -0.15) is 13.2 Å². The van der Waals surface area contributed by atoms with Crippen LogP contribution in [0.5, 0.6) is 0 Å². The van der Waals surface area contributed by atoms with Gasteiger partial charge in [0.05, 0.1) is 21.9 Å². The first kappa shape index (κ1) is 21.1. The molecule has 2 heterocycles. The molecule has 0 saturated heterocycles. The molecule has 2 aliphatic rings. The molecule has 1 N–H and O–H groups in total. The molecule has 1 aromatic heterocycles. The highest BCUT2D eigenvalue weighted by molar-refractivity contribution is 8.16. The number of thiophene rings is 1. The summed E-state index contributed by atoms with van der Waals surface area (Å²) in [6.45, 7) is 0. The van der Waals surface area contributed by atoms with Crippen LogP contribution in [0.15, 0.2) is 51.8 Å². The summed E-state index contributed by atoms with van der Waals surface area (Å²) in [7, 11) is 0. The highest BCUT2D eigenvalue weighted by atomic mass is 32.2. The molecule has 1 aliphatic carbocycles. The van der Waals surface area contributed by atoms with Gasteiger partial charge in [0.25, 0.3) is 0 Å². The smallest absolute Gasteiger partial charge is 0.325 e. The Morgan fingerprint density at radius 2 is 1.87 bits per heavy atom. The van der Waals surface area contributed by atoms with Gasteiger partial charge in [-0.25, -0.2) is 4.99 Å². The number of benzene rings is 1. The summed E-state index contributed by atoms with van der Waals surface area (Å²) < 4.78 is 39.5. The molecule has 0 unspecified atom stereocenters. The van der Waals surface area contributed by atoms with Crippen LogP contribution < -0.4 is 5.32 Å². The van der Waals surface area contributed by atoms with Crippen LogP contribution in [0.1, 0.15) is 42.5 Å². The summed E-state index contributed by atoms with van der Waals surface area (Å²) in [6, 6.07) is 8.89. The topological polar surface area (TPSA) is 53.8 Å². The maximum atomic E-state index is 13.2. The SMILES string of the molecule is O=C(CSC1=NC2(CCCCC2)N=C1c1cccs1)Nc1ccccc1C(F)(F)F. The molecule has 9 heteroatoms. The number of halogens is 3. The van der Waals surface area contributed by atoms with E-state index in [0.29, 0.717) is 5.04 Å². The van der Waals surface area contributed by atoms with Crippen LogP contribution in [-0.4, -0.2) is 28.1 Å². The van der Waals surface area contributed by atoms with E-state index in [9.17, 15) is 18.0 Å². The van der Waals surface area contributed by atoms with Crippen molar-refractivity contribution in [3.63, 3.8) is 0 Å². The third-order valence-electron chi connectivity index (χ3n) is 5.09. The lowest BCUT2D eigenvalue weighted by molar-refractivity contribution is -0.137. The summed E-state index contributed by atoms with van der Waals surface area (Å²) >= 11 is 2.79. The number of carbonyl (C=O) groups is 1. The van der Waals surface area contributed by atoms with Crippen molar-refractivity contribution in [2.24, 2.45) is 9.98 Å². The molecule has 1 aromatic carbocycles. The van der Waals surface area contributed by atoms with Gasteiger partial charge in [-0.1, -0.05) is 36.4 Å². The first-order valence-electron chi connectivity index (χ1n) is 9.69. The number of alkyl halides is 3. The van der Waals surface area contributed by atoms with Crippen molar-refractivity contribution in [1.82, 2.24) is 0 Å². The lowest BCUT2D eigenvalue weighted by Crippen LogP contribution is -2.25. The largest absolute Gasteiger partial charge is 0.418 e. The van der Waals surface area contributed by atoms with Gasteiger partial charge in [0, 0.05) is 0 Å². The minimum atomic E-state index is -4.53. The summed E-state index contributed by atoms with van der Waals surface area (Å²) in [5.41, 5.74) is -0.747. The number of nitrogens with one attached hydrogen (secondary N) is 1. The van der Waals surface area contributed by atoms with Crippen LogP contribution in [0.25, 0.3) is 0 Å². The molecule has 1 saturated carbocycles. The molecule has 1 fully saturated rings. The monoisotopic (exact) mass is 451 g/mol. The third-order valence-corrected chi connectivity index (χ3v) is 6.93. The normalized spacial score (nSPS) is 18.2. The van der Waals surface area contributed by atoms with E-state index in [1.807, 2.05) is 17.5 Å². The fourth-order valence-electron chi connectivity index (χ4n) is 3.70. The number of carbonyl (C=O) groups excluding carboxylic acids is 1. The van der Waals surface area contributed by atoms with Crippen molar-refractivity contribution in [3.05, 3.63) is 52.2 Å². The highest BCUT2D eigenvalue weighted by Crippen LogP contribution is 2.39. The van der Waals surface area contributed by atoms with Gasteiger partial charge in [-0.05, 0) is 49.3 Å². The first-order chi connectivity index (χ1) is 14.4. The van der Waals surface area contributed by atoms with E-state index in [2.05, 4.69) is 5.32 Å². The van der Waals surface area contributed by atoms with Crippen molar-refractivity contribution < 1.29 is 18.0 Å². The zero-order chi connectivity index (χ0) is 21.2. The number of nitrogens with zero attached hydrogens (tertiary/aromatic N) is 2. The van der Waals surface area contributed by atoms with E-state index in [1.165, 1.54) is 36.4 Å². The fraction of sp³-hybridized carbons (Fsp3) is 0.381. The molecule has 0 bridgehead atoms. The lowest BCUT2D eigenvalue weighted by Gasteiger charge is -2.27. The minimum absolute atomic E-state index is 0.0362.